The molecule has 2 aromatic rings. The first kappa shape index (κ1) is 13.6. The summed E-state index contributed by atoms with van der Waals surface area (Å²) in [5, 5.41) is 7.18. The molecule has 0 aliphatic heterocycles. The number of hydrogen-bond acceptors (Lipinski definition) is 3. The maximum absolute atomic E-state index is 12.2. The van der Waals surface area contributed by atoms with Crippen LogP contribution in [0.1, 0.15) is 28.4 Å². The smallest absolute Gasteiger partial charge is 0.251 e. The van der Waals surface area contributed by atoms with Crippen molar-refractivity contribution in [1.82, 2.24) is 5.32 Å². The van der Waals surface area contributed by atoms with Gasteiger partial charge in [-0.3, -0.25) is 4.79 Å². The summed E-state index contributed by atoms with van der Waals surface area (Å²) in [6, 6.07) is 7.54. The topological polar surface area (TPSA) is 55.1 Å². The zero-order valence-corrected chi connectivity index (χ0v) is 12.0. The molecule has 3 nitrogen and oxygen atoms in total. The normalized spacial score (nSPS) is 12.1. The molecule has 1 heterocycles. The van der Waals surface area contributed by atoms with Gasteiger partial charge in [-0.05, 0) is 66.4 Å². The van der Waals surface area contributed by atoms with E-state index >= 15 is 0 Å². The van der Waals surface area contributed by atoms with Crippen LogP contribution in [-0.2, 0) is 6.42 Å². The van der Waals surface area contributed by atoms with Gasteiger partial charge in [0, 0.05) is 17.3 Å². The average molecular weight is 274 g/mol. The van der Waals surface area contributed by atoms with Gasteiger partial charge in [0.05, 0.1) is 0 Å². The van der Waals surface area contributed by atoms with Crippen LogP contribution in [0, 0.1) is 6.92 Å². The molecule has 4 heteroatoms. The monoisotopic (exact) mass is 274 g/mol. The van der Waals surface area contributed by atoms with Crippen molar-refractivity contribution in [2.24, 2.45) is 0 Å². The minimum atomic E-state index is -0.0415. The Kier molecular flexibility index (Phi) is 4.22. The number of nitrogens with one attached hydrogen (secondary N) is 1. The third kappa shape index (κ3) is 3.58. The highest BCUT2D eigenvalue weighted by atomic mass is 32.1. The van der Waals surface area contributed by atoms with Crippen LogP contribution in [0.2, 0.25) is 0 Å². The Morgan fingerprint density at radius 2 is 2.21 bits per heavy atom. The van der Waals surface area contributed by atoms with Gasteiger partial charge < -0.3 is 11.1 Å². The highest BCUT2D eigenvalue weighted by molar-refractivity contribution is 7.07. The van der Waals surface area contributed by atoms with E-state index in [4.69, 9.17) is 5.73 Å². The highest BCUT2D eigenvalue weighted by Crippen LogP contribution is 2.13. The van der Waals surface area contributed by atoms with Gasteiger partial charge in [-0.1, -0.05) is 0 Å². The molecular weight excluding hydrogens is 256 g/mol. The van der Waals surface area contributed by atoms with Crippen LogP contribution in [-0.4, -0.2) is 11.9 Å². The SMILES string of the molecule is Cc1cc(N)ccc1C(=O)NC(C)Cc1ccsc1. The van der Waals surface area contributed by atoms with Gasteiger partial charge in [-0.15, -0.1) is 0 Å². The molecule has 1 aromatic heterocycles. The minimum Gasteiger partial charge on any atom is -0.399 e. The quantitative estimate of drug-likeness (QED) is 0.842. The number of carbonyl (C=O) groups is 1. The van der Waals surface area contributed by atoms with Crippen molar-refractivity contribution >= 4 is 22.9 Å². The Labute approximate surface area is 117 Å². The molecule has 1 unspecified atom stereocenters. The third-order valence-electron chi connectivity index (χ3n) is 2.99. The number of nitrogen functional groups attached to an aromatic ring is 1. The Balaban J connectivity index is 2.00. The number of anilines is 1. The third-order valence-corrected chi connectivity index (χ3v) is 3.73. The number of thiophene rings is 1. The maximum atomic E-state index is 12.2. The average Bonchev–Trinajstić information content (AvgIpc) is 2.81. The van der Waals surface area contributed by atoms with Gasteiger partial charge in [-0.25, -0.2) is 0 Å². The Morgan fingerprint density at radius 3 is 2.84 bits per heavy atom. The Hall–Kier alpha value is -1.81. The number of hydrogen-bond donors (Lipinski definition) is 2. The lowest BCUT2D eigenvalue weighted by molar-refractivity contribution is 0.0939. The van der Waals surface area contributed by atoms with Crippen molar-refractivity contribution < 1.29 is 4.79 Å². The fourth-order valence-electron chi connectivity index (χ4n) is 2.06. The zero-order valence-electron chi connectivity index (χ0n) is 11.1. The summed E-state index contributed by atoms with van der Waals surface area (Å²) in [6.07, 6.45) is 0.850. The van der Waals surface area contributed by atoms with E-state index in [0.717, 1.165) is 12.0 Å². The molecule has 3 N–H and O–H groups in total. The van der Waals surface area contributed by atoms with Gasteiger partial charge in [0.25, 0.3) is 5.91 Å². The van der Waals surface area contributed by atoms with E-state index in [1.165, 1.54) is 5.56 Å². The van der Waals surface area contributed by atoms with E-state index < -0.39 is 0 Å². The number of benzene rings is 1. The molecule has 0 saturated carbocycles. The van der Waals surface area contributed by atoms with Crippen molar-refractivity contribution in [3.8, 4) is 0 Å². The summed E-state index contributed by atoms with van der Waals surface area (Å²) in [6.45, 7) is 3.91. The van der Waals surface area contributed by atoms with Crippen LogP contribution in [0.25, 0.3) is 0 Å². The summed E-state index contributed by atoms with van der Waals surface area (Å²) >= 11 is 1.67. The van der Waals surface area contributed by atoms with Crippen LogP contribution < -0.4 is 11.1 Å². The van der Waals surface area contributed by atoms with Crippen LogP contribution in [0.15, 0.2) is 35.0 Å². The number of rotatable bonds is 4. The minimum absolute atomic E-state index is 0.0415. The molecule has 0 aliphatic rings. The van der Waals surface area contributed by atoms with E-state index in [9.17, 15) is 4.79 Å². The second-order valence-corrected chi connectivity index (χ2v) is 5.56. The van der Waals surface area contributed by atoms with E-state index in [2.05, 4.69) is 16.8 Å². The van der Waals surface area contributed by atoms with Gasteiger partial charge in [0.2, 0.25) is 0 Å². The zero-order chi connectivity index (χ0) is 13.8. The molecule has 19 heavy (non-hydrogen) atoms. The lowest BCUT2D eigenvalue weighted by Gasteiger charge is -2.14. The van der Waals surface area contributed by atoms with Crippen LogP contribution in [0.4, 0.5) is 5.69 Å². The van der Waals surface area contributed by atoms with Gasteiger partial charge in [0.15, 0.2) is 0 Å². The lowest BCUT2D eigenvalue weighted by atomic mass is 10.1. The molecular formula is C15H18N2OS. The molecule has 2 rings (SSSR count). The van der Waals surface area contributed by atoms with Crippen LogP contribution in [0.5, 0.6) is 0 Å². The molecule has 1 amide bonds. The second-order valence-electron chi connectivity index (χ2n) is 4.78. The Bertz CT molecular complexity index is 564. The molecule has 0 aliphatic carbocycles. The first-order chi connectivity index (χ1) is 9.06. The number of carbonyl (C=O) groups excluding carboxylic acids is 1. The van der Waals surface area contributed by atoms with Crippen molar-refractivity contribution in [3.63, 3.8) is 0 Å². The van der Waals surface area contributed by atoms with Crippen LogP contribution in [0.3, 0.4) is 0 Å². The van der Waals surface area contributed by atoms with E-state index in [1.54, 1.807) is 23.5 Å². The summed E-state index contributed by atoms with van der Waals surface area (Å²) in [5.41, 5.74) is 9.22. The van der Waals surface area contributed by atoms with Crippen LogP contribution >= 0.6 is 11.3 Å². The molecule has 0 spiro atoms. The maximum Gasteiger partial charge on any atom is 0.251 e. The standard InChI is InChI=1S/C15H18N2OS/c1-10-7-13(16)3-4-14(10)15(18)17-11(2)8-12-5-6-19-9-12/h3-7,9,11H,8,16H2,1-2H3,(H,17,18). The van der Waals surface area contributed by atoms with E-state index in [1.807, 2.05) is 25.3 Å². The summed E-state index contributed by atoms with van der Waals surface area (Å²) in [7, 11) is 0. The first-order valence-electron chi connectivity index (χ1n) is 6.24. The largest absolute Gasteiger partial charge is 0.399 e. The molecule has 1 aromatic carbocycles. The van der Waals surface area contributed by atoms with Crippen molar-refractivity contribution in [2.45, 2.75) is 26.3 Å². The molecule has 100 valence electrons. The molecule has 0 fully saturated rings. The van der Waals surface area contributed by atoms with Gasteiger partial charge in [0.1, 0.15) is 0 Å². The van der Waals surface area contributed by atoms with Gasteiger partial charge in [-0.2, -0.15) is 11.3 Å². The molecule has 1 atom stereocenters. The Morgan fingerprint density at radius 1 is 1.42 bits per heavy atom. The number of nitrogens with two attached hydrogens (primary N) is 1. The first-order valence-corrected chi connectivity index (χ1v) is 7.18. The second kappa shape index (κ2) is 5.89. The van der Waals surface area contributed by atoms with Crippen molar-refractivity contribution in [3.05, 3.63) is 51.7 Å². The van der Waals surface area contributed by atoms with E-state index in [0.29, 0.717) is 11.3 Å². The fourth-order valence-corrected chi connectivity index (χ4v) is 2.74. The molecule has 0 saturated heterocycles. The summed E-state index contributed by atoms with van der Waals surface area (Å²) < 4.78 is 0. The predicted octanol–water partition coefficient (Wildman–Crippen LogP) is 3.00. The molecule has 0 bridgehead atoms. The lowest BCUT2D eigenvalue weighted by Crippen LogP contribution is -2.34. The van der Waals surface area contributed by atoms with Crippen molar-refractivity contribution in [1.29, 1.82) is 0 Å². The predicted molar refractivity (Wildman–Crippen MR) is 80.5 cm³/mol. The van der Waals surface area contributed by atoms with Crippen molar-refractivity contribution in [2.75, 3.05) is 5.73 Å². The van der Waals surface area contributed by atoms with E-state index in [-0.39, 0.29) is 11.9 Å². The summed E-state index contributed by atoms with van der Waals surface area (Å²) in [4.78, 5) is 12.2. The molecule has 0 radical (unpaired) electrons. The summed E-state index contributed by atoms with van der Waals surface area (Å²) in [5.74, 6) is -0.0415. The highest BCUT2D eigenvalue weighted by Gasteiger charge is 2.12. The number of aryl methyl sites for hydroxylation is 1. The fraction of sp³-hybridized carbons (Fsp3) is 0.267. The number of amides is 1. The van der Waals surface area contributed by atoms with Gasteiger partial charge >= 0.3 is 0 Å².